The van der Waals surface area contributed by atoms with Crippen LogP contribution in [0, 0.1) is 5.92 Å². The highest BCUT2D eigenvalue weighted by Gasteiger charge is 2.28. The summed E-state index contributed by atoms with van der Waals surface area (Å²) in [5, 5.41) is 0. The second kappa shape index (κ2) is 4.61. The highest BCUT2D eigenvalue weighted by Crippen LogP contribution is 2.28. The van der Waals surface area contributed by atoms with Crippen molar-refractivity contribution in [1.82, 2.24) is 4.98 Å². The average Bonchev–Trinajstić information content (AvgIpc) is 2.43. The molecule has 0 radical (unpaired) electrons. The Morgan fingerprint density at radius 2 is 1.94 bits per heavy atom. The Kier molecular flexibility index (Phi) is 2.81. The molecular formula is C15H13NO2. The first-order chi connectivity index (χ1) is 8.84. The number of hydrogen-bond acceptors (Lipinski definition) is 3. The molecule has 1 atom stereocenters. The Morgan fingerprint density at radius 3 is 2.78 bits per heavy atom. The Balaban J connectivity index is 1.83. The van der Waals surface area contributed by atoms with Crippen LogP contribution in [0.25, 0.3) is 0 Å². The monoisotopic (exact) mass is 239 g/mol. The van der Waals surface area contributed by atoms with Crippen molar-refractivity contribution < 1.29 is 9.53 Å². The van der Waals surface area contributed by atoms with Crippen molar-refractivity contribution in [2.24, 2.45) is 5.92 Å². The van der Waals surface area contributed by atoms with E-state index in [0.29, 0.717) is 24.3 Å². The number of pyridine rings is 1. The van der Waals surface area contributed by atoms with E-state index in [1.165, 1.54) is 0 Å². The topological polar surface area (TPSA) is 39.2 Å². The molecule has 0 fully saturated rings. The Hall–Kier alpha value is -2.16. The summed E-state index contributed by atoms with van der Waals surface area (Å²) in [5.41, 5.74) is 1.81. The van der Waals surface area contributed by atoms with Gasteiger partial charge in [0.05, 0.1) is 18.1 Å². The van der Waals surface area contributed by atoms with E-state index in [1.54, 1.807) is 12.4 Å². The zero-order valence-electron chi connectivity index (χ0n) is 9.87. The third-order valence-electron chi connectivity index (χ3n) is 3.19. The van der Waals surface area contributed by atoms with Gasteiger partial charge in [0.2, 0.25) is 0 Å². The van der Waals surface area contributed by atoms with Gasteiger partial charge in [-0.15, -0.1) is 0 Å². The van der Waals surface area contributed by atoms with Crippen molar-refractivity contribution in [2.45, 2.75) is 6.42 Å². The fourth-order valence-corrected chi connectivity index (χ4v) is 2.24. The van der Waals surface area contributed by atoms with E-state index < -0.39 is 0 Å². The number of ether oxygens (including phenoxy) is 1. The third kappa shape index (κ3) is 1.99. The van der Waals surface area contributed by atoms with Gasteiger partial charge < -0.3 is 4.74 Å². The molecule has 90 valence electrons. The van der Waals surface area contributed by atoms with Crippen LogP contribution in [0.3, 0.4) is 0 Å². The van der Waals surface area contributed by atoms with Crippen LogP contribution in [0.4, 0.5) is 0 Å². The number of rotatable bonds is 2. The first-order valence-electron chi connectivity index (χ1n) is 5.99. The van der Waals surface area contributed by atoms with Gasteiger partial charge in [-0.3, -0.25) is 9.78 Å². The normalized spacial score (nSPS) is 18.0. The van der Waals surface area contributed by atoms with E-state index in [1.807, 2.05) is 36.4 Å². The lowest BCUT2D eigenvalue weighted by atomic mass is 9.90. The highest BCUT2D eigenvalue weighted by molar-refractivity contribution is 6.01. The average molecular weight is 239 g/mol. The molecular weight excluding hydrogens is 226 g/mol. The lowest BCUT2D eigenvalue weighted by molar-refractivity contribution is 0.0830. The fourth-order valence-electron chi connectivity index (χ4n) is 2.24. The van der Waals surface area contributed by atoms with Crippen LogP contribution in [-0.2, 0) is 6.42 Å². The maximum Gasteiger partial charge on any atom is 0.173 e. The van der Waals surface area contributed by atoms with Crippen molar-refractivity contribution in [3.8, 4) is 5.75 Å². The quantitative estimate of drug-likeness (QED) is 0.808. The van der Waals surface area contributed by atoms with Gasteiger partial charge in [0.15, 0.2) is 5.78 Å². The van der Waals surface area contributed by atoms with Gasteiger partial charge in [-0.25, -0.2) is 0 Å². The maximum absolute atomic E-state index is 12.3. The Morgan fingerprint density at radius 1 is 1.17 bits per heavy atom. The summed E-state index contributed by atoms with van der Waals surface area (Å²) in [5.74, 6) is 0.782. The summed E-state index contributed by atoms with van der Waals surface area (Å²) in [6.07, 6.45) is 4.20. The predicted octanol–water partition coefficient (Wildman–Crippen LogP) is 2.52. The number of hydrogen-bond donors (Lipinski definition) is 0. The summed E-state index contributed by atoms with van der Waals surface area (Å²) in [6.45, 7) is 0.457. The number of fused-ring (bicyclic) bond motifs is 1. The first-order valence-corrected chi connectivity index (χ1v) is 5.99. The molecule has 2 aromatic rings. The molecule has 1 aliphatic heterocycles. The largest absolute Gasteiger partial charge is 0.492 e. The molecule has 1 aromatic carbocycles. The molecule has 2 heterocycles. The minimum absolute atomic E-state index is 0.0951. The van der Waals surface area contributed by atoms with Crippen molar-refractivity contribution in [1.29, 1.82) is 0 Å². The van der Waals surface area contributed by atoms with Crippen molar-refractivity contribution >= 4 is 5.78 Å². The standard InChI is InChI=1S/C15H13NO2/c17-15-12(9-11-5-7-16-8-6-11)10-18-14-4-2-1-3-13(14)15/h1-8,12H,9-10H2. The fraction of sp³-hybridized carbons (Fsp3) is 0.200. The summed E-state index contributed by atoms with van der Waals surface area (Å²) in [6, 6.07) is 11.3. The number of ketones is 1. The van der Waals surface area contributed by atoms with Gasteiger partial charge in [0.1, 0.15) is 5.75 Å². The summed E-state index contributed by atoms with van der Waals surface area (Å²) >= 11 is 0. The van der Waals surface area contributed by atoms with E-state index in [4.69, 9.17) is 4.74 Å². The number of carbonyl (C=O) groups is 1. The number of aromatic nitrogens is 1. The lowest BCUT2D eigenvalue weighted by Crippen LogP contribution is -2.29. The number of carbonyl (C=O) groups excluding carboxylic acids is 1. The number of nitrogens with zero attached hydrogens (tertiary/aromatic N) is 1. The SMILES string of the molecule is O=C1c2ccccc2OCC1Cc1ccncc1. The number of para-hydroxylation sites is 1. The molecule has 0 spiro atoms. The second-order valence-electron chi connectivity index (χ2n) is 4.43. The summed E-state index contributed by atoms with van der Waals surface area (Å²) < 4.78 is 5.64. The molecule has 1 aromatic heterocycles. The van der Waals surface area contributed by atoms with Crippen LogP contribution in [0.5, 0.6) is 5.75 Å². The molecule has 18 heavy (non-hydrogen) atoms. The Bertz CT molecular complexity index is 566. The van der Waals surface area contributed by atoms with Crippen LogP contribution in [0.15, 0.2) is 48.8 Å². The minimum Gasteiger partial charge on any atom is -0.492 e. The number of benzene rings is 1. The molecule has 0 amide bonds. The zero-order valence-corrected chi connectivity index (χ0v) is 9.87. The molecule has 1 aliphatic rings. The van der Waals surface area contributed by atoms with Gasteiger partial charge in [0.25, 0.3) is 0 Å². The van der Waals surface area contributed by atoms with Gasteiger partial charge in [-0.05, 0) is 36.2 Å². The van der Waals surface area contributed by atoms with E-state index >= 15 is 0 Å². The van der Waals surface area contributed by atoms with Crippen LogP contribution < -0.4 is 4.74 Å². The Labute approximate surface area is 105 Å². The molecule has 0 saturated heterocycles. The van der Waals surface area contributed by atoms with Crippen LogP contribution in [-0.4, -0.2) is 17.4 Å². The van der Waals surface area contributed by atoms with Crippen LogP contribution in [0.2, 0.25) is 0 Å². The highest BCUT2D eigenvalue weighted by atomic mass is 16.5. The number of Topliss-reactive ketones (excluding diaryl/α,β-unsaturated/α-hetero) is 1. The van der Waals surface area contributed by atoms with Crippen molar-refractivity contribution in [3.05, 3.63) is 59.9 Å². The van der Waals surface area contributed by atoms with E-state index in [0.717, 1.165) is 5.56 Å². The molecule has 0 bridgehead atoms. The molecule has 0 aliphatic carbocycles. The van der Waals surface area contributed by atoms with Crippen LogP contribution >= 0.6 is 0 Å². The molecule has 0 N–H and O–H groups in total. The molecule has 1 unspecified atom stereocenters. The van der Waals surface area contributed by atoms with Gasteiger partial charge >= 0.3 is 0 Å². The van der Waals surface area contributed by atoms with Crippen molar-refractivity contribution in [3.63, 3.8) is 0 Å². The van der Waals surface area contributed by atoms with Gasteiger partial charge in [0, 0.05) is 12.4 Å². The van der Waals surface area contributed by atoms with E-state index in [2.05, 4.69) is 4.98 Å². The van der Waals surface area contributed by atoms with E-state index in [9.17, 15) is 4.79 Å². The third-order valence-corrected chi connectivity index (χ3v) is 3.19. The van der Waals surface area contributed by atoms with Gasteiger partial charge in [-0.2, -0.15) is 0 Å². The second-order valence-corrected chi connectivity index (χ2v) is 4.43. The van der Waals surface area contributed by atoms with E-state index in [-0.39, 0.29) is 11.7 Å². The molecule has 0 saturated carbocycles. The molecule has 3 nitrogen and oxygen atoms in total. The first kappa shape index (κ1) is 11.0. The summed E-state index contributed by atoms with van der Waals surface area (Å²) in [4.78, 5) is 16.3. The lowest BCUT2D eigenvalue weighted by Gasteiger charge is -2.23. The summed E-state index contributed by atoms with van der Waals surface area (Å²) in [7, 11) is 0. The van der Waals surface area contributed by atoms with Crippen molar-refractivity contribution in [2.75, 3.05) is 6.61 Å². The minimum atomic E-state index is -0.0951. The maximum atomic E-state index is 12.3. The van der Waals surface area contributed by atoms with Crippen LogP contribution in [0.1, 0.15) is 15.9 Å². The zero-order chi connectivity index (χ0) is 12.4. The van der Waals surface area contributed by atoms with Gasteiger partial charge in [-0.1, -0.05) is 12.1 Å². The smallest absolute Gasteiger partial charge is 0.173 e. The predicted molar refractivity (Wildman–Crippen MR) is 67.7 cm³/mol. The molecule has 3 heteroatoms. The molecule has 3 rings (SSSR count).